The molecule has 0 aliphatic heterocycles. The van der Waals surface area contributed by atoms with Gasteiger partial charge in [-0.25, -0.2) is 0 Å². The van der Waals surface area contributed by atoms with Crippen molar-refractivity contribution in [3.63, 3.8) is 0 Å². The highest BCUT2D eigenvalue weighted by Gasteiger charge is 2.11. The molecular formula is C15H23NO4. The summed E-state index contributed by atoms with van der Waals surface area (Å²) in [4.78, 5) is 20.4. The standard InChI is InChI=1S/C9H10O2.C6H13NO2/c1-7(9(10)11)8-5-3-2-4-6-8;1-2-3-4-7-5-6(8)9/h2-7H,1H3,(H,10,11);7H,2-5H2,1H3,(H,8,9). The molecule has 0 aliphatic carbocycles. The fraction of sp³-hybridized carbons (Fsp3) is 0.467. The van der Waals surface area contributed by atoms with Crippen molar-refractivity contribution in [2.45, 2.75) is 32.6 Å². The molecular weight excluding hydrogens is 258 g/mol. The molecule has 0 amide bonds. The molecule has 1 aromatic rings. The summed E-state index contributed by atoms with van der Waals surface area (Å²) in [6.07, 6.45) is 2.15. The van der Waals surface area contributed by atoms with E-state index < -0.39 is 17.9 Å². The Balaban J connectivity index is 0.000000370. The summed E-state index contributed by atoms with van der Waals surface area (Å²) in [5.41, 5.74) is 0.847. The van der Waals surface area contributed by atoms with E-state index in [1.165, 1.54) is 0 Å². The van der Waals surface area contributed by atoms with E-state index in [-0.39, 0.29) is 6.54 Å². The van der Waals surface area contributed by atoms with E-state index in [9.17, 15) is 9.59 Å². The van der Waals surface area contributed by atoms with Crippen molar-refractivity contribution in [1.29, 1.82) is 0 Å². The molecule has 20 heavy (non-hydrogen) atoms. The Hall–Kier alpha value is -1.88. The van der Waals surface area contributed by atoms with Crippen LogP contribution in [0.15, 0.2) is 30.3 Å². The average Bonchev–Trinajstić information content (AvgIpc) is 2.44. The fourth-order valence-corrected chi connectivity index (χ4v) is 1.38. The predicted octanol–water partition coefficient (Wildman–Crippen LogP) is 2.34. The van der Waals surface area contributed by atoms with Crippen LogP contribution < -0.4 is 5.32 Å². The Morgan fingerprint density at radius 1 is 1.20 bits per heavy atom. The molecule has 0 aliphatic rings. The van der Waals surface area contributed by atoms with Gasteiger partial charge in [0.1, 0.15) is 0 Å². The first-order valence-corrected chi connectivity index (χ1v) is 6.69. The van der Waals surface area contributed by atoms with E-state index in [0.717, 1.165) is 24.9 Å². The van der Waals surface area contributed by atoms with Crippen LogP contribution in [0.4, 0.5) is 0 Å². The first kappa shape index (κ1) is 18.1. The molecule has 1 unspecified atom stereocenters. The number of rotatable bonds is 7. The van der Waals surface area contributed by atoms with Gasteiger partial charge in [0.05, 0.1) is 12.5 Å². The van der Waals surface area contributed by atoms with Crippen LogP contribution in [0.2, 0.25) is 0 Å². The largest absolute Gasteiger partial charge is 0.481 e. The first-order chi connectivity index (χ1) is 9.49. The van der Waals surface area contributed by atoms with Gasteiger partial charge in [0, 0.05) is 0 Å². The van der Waals surface area contributed by atoms with Crippen molar-refractivity contribution >= 4 is 11.9 Å². The molecule has 0 saturated carbocycles. The lowest BCUT2D eigenvalue weighted by Gasteiger charge is -2.04. The number of carboxylic acid groups (broad SMARTS) is 2. The zero-order chi connectivity index (χ0) is 15.4. The van der Waals surface area contributed by atoms with Crippen LogP contribution in [0.1, 0.15) is 38.2 Å². The molecule has 0 saturated heterocycles. The minimum atomic E-state index is -0.786. The number of hydrogen-bond donors (Lipinski definition) is 3. The fourth-order valence-electron chi connectivity index (χ4n) is 1.38. The Labute approximate surface area is 119 Å². The maximum absolute atomic E-state index is 10.5. The van der Waals surface area contributed by atoms with Crippen LogP contribution in [0, 0.1) is 0 Å². The van der Waals surface area contributed by atoms with Crippen LogP contribution in [-0.2, 0) is 9.59 Å². The molecule has 0 bridgehead atoms. The maximum Gasteiger partial charge on any atom is 0.317 e. The smallest absolute Gasteiger partial charge is 0.317 e. The van der Waals surface area contributed by atoms with Crippen molar-refractivity contribution in [3.8, 4) is 0 Å². The molecule has 112 valence electrons. The number of hydrogen-bond acceptors (Lipinski definition) is 3. The van der Waals surface area contributed by atoms with E-state index >= 15 is 0 Å². The van der Waals surface area contributed by atoms with E-state index in [4.69, 9.17) is 10.2 Å². The Bertz CT molecular complexity index is 392. The number of carbonyl (C=O) groups is 2. The maximum atomic E-state index is 10.5. The second kappa shape index (κ2) is 11.0. The highest BCUT2D eigenvalue weighted by molar-refractivity contribution is 5.75. The van der Waals surface area contributed by atoms with Gasteiger partial charge >= 0.3 is 11.9 Å². The lowest BCUT2D eigenvalue weighted by atomic mass is 10.0. The van der Waals surface area contributed by atoms with Crippen LogP contribution >= 0.6 is 0 Å². The molecule has 5 nitrogen and oxygen atoms in total. The molecule has 1 rings (SSSR count). The molecule has 0 radical (unpaired) electrons. The van der Waals surface area contributed by atoms with Crippen molar-refractivity contribution in [2.75, 3.05) is 13.1 Å². The number of benzene rings is 1. The number of carboxylic acids is 2. The van der Waals surface area contributed by atoms with E-state index in [1.54, 1.807) is 6.92 Å². The van der Waals surface area contributed by atoms with Gasteiger partial charge in [0.2, 0.25) is 0 Å². The van der Waals surface area contributed by atoms with Gasteiger partial charge in [-0.05, 0) is 25.5 Å². The zero-order valence-corrected chi connectivity index (χ0v) is 12.0. The molecule has 0 aromatic heterocycles. The molecule has 1 atom stereocenters. The third-order valence-electron chi connectivity index (χ3n) is 2.65. The highest BCUT2D eigenvalue weighted by atomic mass is 16.4. The third-order valence-corrected chi connectivity index (χ3v) is 2.65. The Kier molecular flexibility index (Phi) is 9.96. The first-order valence-electron chi connectivity index (χ1n) is 6.69. The van der Waals surface area contributed by atoms with Crippen LogP contribution in [0.3, 0.4) is 0 Å². The molecule has 0 spiro atoms. The zero-order valence-electron chi connectivity index (χ0n) is 12.0. The van der Waals surface area contributed by atoms with Gasteiger partial charge < -0.3 is 15.5 Å². The minimum Gasteiger partial charge on any atom is -0.481 e. The monoisotopic (exact) mass is 281 g/mol. The summed E-state index contributed by atoms with van der Waals surface area (Å²) in [7, 11) is 0. The summed E-state index contributed by atoms with van der Waals surface area (Å²) in [5.74, 6) is -1.97. The molecule has 0 heterocycles. The summed E-state index contributed by atoms with van der Waals surface area (Å²) < 4.78 is 0. The second-order valence-corrected chi connectivity index (χ2v) is 4.39. The van der Waals surface area contributed by atoms with E-state index in [1.807, 2.05) is 30.3 Å². The lowest BCUT2D eigenvalue weighted by molar-refractivity contribution is -0.138. The van der Waals surface area contributed by atoms with Crippen molar-refractivity contribution < 1.29 is 19.8 Å². The van der Waals surface area contributed by atoms with Crippen molar-refractivity contribution in [3.05, 3.63) is 35.9 Å². The summed E-state index contributed by atoms with van der Waals surface area (Å²) in [5, 5.41) is 19.6. The second-order valence-electron chi connectivity index (χ2n) is 4.39. The van der Waals surface area contributed by atoms with Gasteiger partial charge in [-0.1, -0.05) is 43.7 Å². The van der Waals surface area contributed by atoms with Crippen LogP contribution in [0.25, 0.3) is 0 Å². The SMILES string of the molecule is CC(C(=O)O)c1ccccc1.CCCCNCC(=O)O. The molecule has 3 N–H and O–H groups in total. The molecule has 5 heteroatoms. The van der Waals surface area contributed by atoms with Gasteiger partial charge in [0.25, 0.3) is 0 Å². The van der Waals surface area contributed by atoms with Crippen molar-refractivity contribution in [1.82, 2.24) is 5.32 Å². The molecule has 1 aromatic carbocycles. The van der Waals surface area contributed by atoms with Crippen molar-refractivity contribution in [2.24, 2.45) is 0 Å². The summed E-state index contributed by atoms with van der Waals surface area (Å²) in [6.45, 7) is 4.64. The van der Waals surface area contributed by atoms with E-state index in [2.05, 4.69) is 12.2 Å². The minimum absolute atomic E-state index is 0.0833. The Morgan fingerprint density at radius 3 is 2.25 bits per heavy atom. The van der Waals surface area contributed by atoms with Gasteiger partial charge in [0.15, 0.2) is 0 Å². The van der Waals surface area contributed by atoms with Crippen LogP contribution in [0.5, 0.6) is 0 Å². The summed E-state index contributed by atoms with van der Waals surface area (Å²) >= 11 is 0. The van der Waals surface area contributed by atoms with Gasteiger partial charge in [-0.15, -0.1) is 0 Å². The molecule has 0 fully saturated rings. The number of unbranched alkanes of at least 4 members (excludes halogenated alkanes) is 1. The highest BCUT2D eigenvalue weighted by Crippen LogP contribution is 2.13. The number of aliphatic carboxylic acids is 2. The third kappa shape index (κ3) is 9.10. The normalized spacial score (nSPS) is 11.1. The topological polar surface area (TPSA) is 86.6 Å². The Morgan fingerprint density at radius 2 is 1.80 bits per heavy atom. The van der Waals surface area contributed by atoms with Gasteiger partial charge in [-0.2, -0.15) is 0 Å². The average molecular weight is 281 g/mol. The number of nitrogens with one attached hydrogen (secondary N) is 1. The predicted molar refractivity (Wildman–Crippen MR) is 77.9 cm³/mol. The van der Waals surface area contributed by atoms with E-state index in [0.29, 0.717) is 0 Å². The lowest BCUT2D eigenvalue weighted by Crippen LogP contribution is -2.23. The van der Waals surface area contributed by atoms with Crippen LogP contribution in [-0.4, -0.2) is 35.2 Å². The van der Waals surface area contributed by atoms with Gasteiger partial charge in [-0.3, -0.25) is 9.59 Å². The quantitative estimate of drug-likeness (QED) is 0.668. The summed E-state index contributed by atoms with van der Waals surface area (Å²) in [6, 6.07) is 9.19.